The van der Waals surface area contributed by atoms with Crippen molar-refractivity contribution in [3.8, 4) is 6.07 Å². The molecule has 5 heteroatoms. The lowest BCUT2D eigenvalue weighted by atomic mass is 10.2. The molecular weight excluding hydrogens is 214 g/mol. The normalized spacial score (nSPS) is 9.13. The van der Waals surface area contributed by atoms with Crippen LogP contribution >= 0.6 is 11.6 Å². The van der Waals surface area contributed by atoms with E-state index in [-0.39, 0.29) is 12.5 Å². The minimum atomic E-state index is -0.154. The molecule has 15 heavy (non-hydrogen) atoms. The lowest BCUT2D eigenvalue weighted by Crippen LogP contribution is -2.26. The second-order valence-electron chi connectivity index (χ2n) is 2.83. The zero-order chi connectivity index (χ0) is 11.3. The van der Waals surface area contributed by atoms with Crippen molar-refractivity contribution in [2.24, 2.45) is 0 Å². The molecule has 0 aliphatic rings. The number of carbonyl (C=O) groups excluding carboxylic acids is 1. The fourth-order valence-electron chi connectivity index (χ4n) is 1.02. The molecule has 1 amide bonds. The summed E-state index contributed by atoms with van der Waals surface area (Å²) in [6.07, 6.45) is 0. The Bertz CT molecular complexity index is 412. The number of likely N-dealkylation sites (N-methyl/N-ethyl adjacent to an activating group) is 1. The van der Waals surface area contributed by atoms with E-state index in [9.17, 15) is 4.79 Å². The molecule has 78 valence electrons. The number of nitriles is 1. The number of carbonyl (C=O) groups is 1. The highest BCUT2D eigenvalue weighted by Crippen LogP contribution is 2.19. The van der Waals surface area contributed by atoms with Crippen molar-refractivity contribution in [2.75, 3.05) is 18.9 Å². The maximum Gasteiger partial charge on any atom is 0.239 e. The molecule has 0 bridgehead atoms. The number of benzene rings is 1. The zero-order valence-electron chi connectivity index (χ0n) is 8.17. The minimum absolute atomic E-state index is 0.117. The molecule has 0 heterocycles. The Kier molecular flexibility index (Phi) is 3.95. The van der Waals surface area contributed by atoms with Crippen LogP contribution in [-0.4, -0.2) is 19.5 Å². The summed E-state index contributed by atoms with van der Waals surface area (Å²) in [6.45, 7) is 0.117. The van der Waals surface area contributed by atoms with E-state index < -0.39 is 0 Å². The highest BCUT2D eigenvalue weighted by atomic mass is 35.5. The van der Waals surface area contributed by atoms with E-state index in [0.29, 0.717) is 16.3 Å². The summed E-state index contributed by atoms with van der Waals surface area (Å²) in [5.74, 6) is -0.154. The maximum atomic E-state index is 11.0. The maximum absolute atomic E-state index is 11.0. The third-order valence-corrected chi connectivity index (χ3v) is 2.06. The van der Waals surface area contributed by atoms with E-state index in [1.165, 1.54) is 0 Å². The first-order valence-electron chi connectivity index (χ1n) is 4.31. The molecule has 0 aliphatic heterocycles. The predicted octanol–water partition coefficient (Wildman–Crippen LogP) is 1.37. The Hall–Kier alpha value is -1.73. The molecule has 0 saturated carbocycles. The van der Waals surface area contributed by atoms with Crippen LogP contribution in [0.25, 0.3) is 0 Å². The SMILES string of the molecule is CNC(=O)CNc1cc(Cl)ccc1C#N. The van der Waals surface area contributed by atoms with Crippen molar-refractivity contribution in [1.29, 1.82) is 5.26 Å². The highest BCUT2D eigenvalue weighted by molar-refractivity contribution is 6.30. The van der Waals surface area contributed by atoms with E-state index in [4.69, 9.17) is 16.9 Å². The number of halogens is 1. The van der Waals surface area contributed by atoms with Crippen LogP contribution in [0.2, 0.25) is 5.02 Å². The molecule has 2 N–H and O–H groups in total. The molecule has 0 saturated heterocycles. The van der Waals surface area contributed by atoms with Gasteiger partial charge in [0.2, 0.25) is 5.91 Å². The van der Waals surface area contributed by atoms with Crippen molar-refractivity contribution in [3.63, 3.8) is 0 Å². The Labute approximate surface area is 92.8 Å². The van der Waals surface area contributed by atoms with Crippen molar-refractivity contribution < 1.29 is 4.79 Å². The Balaban J connectivity index is 2.80. The Morgan fingerprint density at radius 1 is 1.60 bits per heavy atom. The number of hydrogen-bond acceptors (Lipinski definition) is 3. The summed E-state index contributed by atoms with van der Waals surface area (Å²) in [5, 5.41) is 14.6. The van der Waals surface area contributed by atoms with Gasteiger partial charge < -0.3 is 10.6 Å². The zero-order valence-corrected chi connectivity index (χ0v) is 8.93. The van der Waals surface area contributed by atoms with Gasteiger partial charge >= 0.3 is 0 Å². The van der Waals surface area contributed by atoms with Crippen molar-refractivity contribution in [2.45, 2.75) is 0 Å². The predicted molar refractivity (Wildman–Crippen MR) is 58.7 cm³/mol. The van der Waals surface area contributed by atoms with Gasteiger partial charge in [0.25, 0.3) is 0 Å². The summed E-state index contributed by atoms with van der Waals surface area (Å²) in [6, 6.07) is 6.86. The number of nitrogens with zero attached hydrogens (tertiary/aromatic N) is 1. The van der Waals surface area contributed by atoms with Crippen molar-refractivity contribution in [3.05, 3.63) is 28.8 Å². The lowest BCUT2D eigenvalue weighted by Gasteiger charge is -2.07. The molecule has 1 rings (SSSR count). The van der Waals surface area contributed by atoms with Crippen LogP contribution in [0, 0.1) is 11.3 Å². The van der Waals surface area contributed by atoms with Crippen LogP contribution in [0.3, 0.4) is 0 Å². The van der Waals surface area contributed by atoms with Gasteiger partial charge in [-0.3, -0.25) is 4.79 Å². The van der Waals surface area contributed by atoms with Gasteiger partial charge in [0.1, 0.15) is 6.07 Å². The molecule has 0 spiro atoms. The van der Waals surface area contributed by atoms with Crippen LogP contribution in [0.1, 0.15) is 5.56 Å². The first kappa shape index (κ1) is 11.3. The highest BCUT2D eigenvalue weighted by Gasteiger charge is 2.04. The van der Waals surface area contributed by atoms with Gasteiger partial charge in [-0.25, -0.2) is 0 Å². The molecule has 4 nitrogen and oxygen atoms in total. The molecule has 0 atom stereocenters. The standard InChI is InChI=1S/C10H10ClN3O/c1-13-10(15)6-14-9-4-8(11)3-2-7(9)5-12/h2-4,14H,6H2,1H3,(H,13,15). The number of amides is 1. The van der Waals surface area contributed by atoms with E-state index in [2.05, 4.69) is 10.6 Å². The minimum Gasteiger partial charge on any atom is -0.375 e. The van der Waals surface area contributed by atoms with Crippen LogP contribution in [0.15, 0.2) is 18.2 Å². The average molecular weight is 224 g/mol. The number of anilines is 1. The van der Waals surface area contributed by atoms with Crippen LogP contribution in [0.5, 0.6) is 0 Å². The molecule has 0 fully saturated rings. The topological polar surface area (TPSA) is 64.9 Å². The summed E-state index contributed by atoms with van der Waals surface area (Å²) >= 11 is 5.77. The lowest BCUT2D eigenvalue weighted by molar-refractivity contribution is -0.118. The number of rotatable bonds is 3. The molecule has 0 aromatic heterocycles. The summed E-state index contributed by atoms with van der Waals surface area (Å²) < 4.78 is 0. The van der Waals surface area contributed by atoms with E-state index in [0.717, 1.165) is 0 Å². The molecule has 1 aromatic rings. The molecule has 0 radical (unpaired) electrons. The van der Waals surface area contributed by atoms with E-state index in [1.807, 2.05) is 6.07 Å². The van der Waals surface area contributed by atoms with Gasteiger partial charge in [-0.2, -0.15) is 5.26 Å². The summed E-state index contributed by atoms with van der Waals surface area (Å²) in [5.41, 5.74) is 1.02. The third kappa shape index (κ3) is 3.15. The van der Waals surface area contributed by atoms with Gasteiger partial charge in [-0.15, -0.1) is 0 Å². The first-order chi connectivity index (χ1) is 7.17. The fourth-order valence-corrected chi connectivity index (χ4v) is 1.20. The van der Waals surface area contributed by atoms with Gasteiger partial charge in [-0.1, -0.05) is 11.6 Å². The third-order valence-electron chi connectivity index (χ3n) is 1.82. The number of nitrogens with one attached hydrogen (secondary N) is 2. The largest absolute Gasteiger partial charge is 0.375 e. The quantitative estimate of drug-likeness (QED) is 0.814. The van der Waals surface area contributed by atoms with Gasteiger partial charge in [0, 0.05) is 12.1 Å². The van der Waals surface area contributed by atoms with Gasteiger partial charge in [0.05, 0.1) is 17.8 Å². The van der Waals surface area contributed by atoms with Gasteiger partial charge in [-0.05, 0) is 18.2 Å². The smallest absolute Gasteiger partial charge is 0.239 e. The van der Waals surface area contributed by atoms with E-state index in [1.54, 1.807) is 25.2 Å². The fraction of sp³-hybridized carbons (Fsp3) is 0.200. The molecule has 0 unspecified atom stereocenters. The Morgan fingerprint density at radius 3 is 2.93 bits per heavy atom. The monoisotopic (exact) mass is 223 g/mol. The van der Waals surface area contributed by atoms with E-state index >= 15 is 0 Å². The van der Waals surface area contributed by atoms with Crippen molar-refractivity contribution >= 4 is 23.2 Å². The second kappa shape index (κ2) is 5.23. The van der Waals surface area contributed by atoms with Crippen LogP contribution < -0.4 is 10.6 Å². The van der Waals surface area contributed by atoms with Gasteiger partial charge in [0.15, 0.2) is 0 Å². The second-order valence-corrected chi connectivity index (χ2v) is 3.26. The van der Waals surface area contributed by atoms with Crippen LogP contribution in [0.4, 0.5) is 5.69 Å². The molecular formula is C10H10ClN3O. The molecule has 0 aliphatic carbocycles. The first-order valence-corrected chi connectivity index (χ1v) is 4.69. The summed E-state index contributed by atoms with van der Waals surface area (Å²) in [7, 11) is 1.55. The Morgan fingerprint density at radius 2 is 2.33 bits per heavy atom. The average Bonchev–Trinajstić information content (AvgIpc) is 2.26. The van der Waals surface area contributed by atoms with Crippen molar-refractivity contribution in [1.82, 2.24) is 5.32 Å². The molecule has 1 aromatic carbocycles. The summed E-state index contributed by atoms with van der Waals surface area (Å²) in [4.78, 5) is 11.0. The van der Waals surface area contributed by atoms with Crippen LogP contribution in [-0.2, 0) is 4.79 Å². The number of hydrogen-bond donors (Lipinski definition) is 2.